The van der Waals surface area contributed by atoms with Crippen molar-refractivity contribution in [2.45, 2.75) is 25.8 Å². The number of benzene rings is 1. The fourth-order valence-electron chi connectivity index (χ4n) is 3.10. The lowest BCUT2D eigenvalue weighted by molar-refractivity contribution is -0.385. The Labute approximate surface area is 146 Å². The molecule has 0 aliphatic carbocycles. The summed E-state index contributed by atoms with van der Waals surface area (Å²) in [5.74, 6) is 1.65. The van der Waals surface area contributed by atoms with Crippen LogP contribution in [0.2, 0.25) is 0 Å². The number of anilines is 2. The van der Waals surface area contributed by atoms with Gasteiger partial charge in [-0.2, -0.15) is 0 Å². The number of piperidine rings is 1. The van der Waals surface area contributed by atoms with Crippen LogP contribution >= 0.6 is 0 Å². The van der Waals surface area contributed by atoms with Crippen molar-refractivity contribution in [2.24, 2.45) is 0 Å². The van der Waals surface area contributed by atoms with Crippen molar-refractivity contribution in [3.8, 4) is 5.75 Å². The summed E-state index contributed by atoms with van der Waals surface area (Å²) >= 11 is 0. The molecule has 1 N–H and O–H groups in total. The van der Waals surface area contributed by atoms with Crippen LogP contribution in [0.25, 0.3) is 0 Å². The van der Waals surface area contributed by atoms with E-state index in [1.807, 2.05) is 24.3 Å². The second-order valence-electron chi connectivity index (χ2n) is 6.22. The molecule has 132 valence electrons. The minimum Gasteiger partial charge on any atom is -0.497 e. The maximum atomic E-state index is 10.9. The zero-order valence-electron chi connectivity index (χ0n) is 14.4. The van der Waals surface area contributed by atoms with Crippen molar-refractivity contribution in [3.63, 3.8) is 0 Å². The average molecular weight is 342 g/mol. The van der Waals surface area contributed by atoms with Gasteiger partial charge in [0, 0.05) is 36.4 Å². The van der Waals surface area contributed by atoms with Crippen molar-refractivity contribution in [2.75, 3.05) is 30.4 Å². The molecule has 1 saturated heterocycles. The third-order valence-corrected chi connectivity index (χ3v) is 4.52. The highest BCUT2D eigenvalue weighted by Gasteiger charge is 2.21. The highest BCUT2D eigenvalue weighted by molar-refractivity contribution is 5.51. The highest BCUT2D eigenvalue weighted by Crippen LogP contribution is 2.25. The molecular formula is C18H22N4O3. The third kappa shape index (κ3) is 3.99. The first-order valence-corrected chi connectivity index (χ1v) is 8.33. The van der Waals surface area contributed by atoms with Crippen LogP contribution < -0.4 is 15.0 Å². The average Bonchev–Trinajstić information content (AvgIpc) is 2.62. The molecule has 7 nitrogen and oxygen atoms in total. The van der Waals surface area contributed by atoms with E-state index in [0.717, 1.165) is 43.2 Å². The Kier molecular flexibility index (Phi) is 5.02. The van der Waals surface area contributed by atoms with Gasteiger partial charge in [0.25, 0.3) is 5.69 Å². The third-order valence-electron chi connectivity index (χ3n) is 4.52. The number of ether oxygens (including phenoxy) is 1. The predicted molar refractivity (Wildman–Crippen MR) is 97.5 cm³/mol. The monoisotopic (exact) mass is 342 g/mol. The fourth-order valence-corrected chi connectivity index (χ4v) is 3.10. The quantitative estimate of drug-likeness (QED) is 0.663. The molecule has 2 aromatic rings. The van der Waals surface area contributed by atoms with Gasteiger partial charge in [0.15, 0.2) is 0 Å². The van der Waals surface area contributed by atoms with Gasteiger partial charge in [0.1, 0.15) is 17.8 Å². The van der Waals surface area contributed by atoms with Gasteiger partial charge in [-0.25, -0.2) is 4.98 Å². The SMILES string of the molecule is COc1cccc(NC2CCN(c3cc(C)c([N+](=O)[O-])cn3)CC2)c1. The summed E-state index contributed by atoms with van der Waals surface area (Å²) in [5.41, 5.74) is 1.77. The summed E-state index contributed by atoms with van der Waals surface area (Å²) in [5, 5.41) is 14.5. The van der Waals surface area contributed by atoms with Gasteiger partial charge < -0.3 is 15.0 Å². The molecular weight excluding hydrogens is 320 g/mol. The van der Waals surface area contributed by atoms with Crippen molar-refractivity contribution in [1.29, 1.82) is 0 Å². The maximum absolute atomic E-state index is 10.9. The summed E-state index contributed by atoms with van der Waals surface area (Å²) in [7, 11) is 1.66. The van der Waals surface area contributed by atoms with E-state index in [9.17, 15) is 10.1 Å². The smallest absolute Gasteiger partial charge is 0.290 e. The Hall–Kier alpha value is -2.83. The number of hydrogen-bond acceptors (Lipinski definition) is 6. The fraction of sp³-hybridized carbons (Fsp3) is 0.389. The number of aromatic nitrogens is 1. The van der Waals surface area contributed by atoms with E-state index in [4.69, 9.17) is 4.74 Å². The zero-order chi connectivity index (χ0) is 17.8. The molecule has 0 radical (unpaired) electrons. The minimum absolute atomic E-state index is 0.0679. The molecule has 0 bridgehead atoms. The molecule has 2 heterocycles. The standard InChI is InChI=1S/C18H22N4O3/c1-13-10-18(19-12-17(13)22(23)24)21-8-6-14(7-9-21)20-15-4-3-5-16(11-15)25-2/h3-5,10-12,14,20H,6-9H2,1-2H3. The number of nitrogens with one attached hydrogen (secondary N) is 1. The molecule has 1 aliphatic rings. The predicted octanol–water partition coefficient (Wildman–Crippen LogP) is 3.39. The minimum atomic E-state index is -0.392. The molecule has 0 spiro atoms. The van der Waals surface area contributed by atoms with Crippen LogP contribution in [-0.2, 0) is 0 Å². The molecule has 1 aromatic heterocycles. The largest absolute Gasteiger partial charge is 0.497 e. The van der Waals surface area contributed by atoms with Gasteiger partial charge >= 0.3 is 0 Å². The van der Waals surface area contributed by atoms with Gasteiger partial charge in [-0.05, 0) is 38.0 Å². The Morgan fingerprint density at radius 2 is 2.08 bits per heavy atom. The second kappa shape index (κ2) is 7.38. The van der Waals surface area contributed by atoms with Crippen LogP contribution in [0, 0.1) is 17.0 Å². The summed E-state index contributed by atoms with van der Waals surface area (Å²) in [6.07, 6.45) is 3.31. The lowest BCUT2D eigenvalue weighted by Gasteiger charge is -2.33. The van der Waals surface area contributed by atoms with Crippen molar-refractivity contribution >= 4 is 17.2 Å². The summed E-state index contributed by atoms with van der Waals surface area (Å²) in [6, 6.07) is 10.1. The molecule has 1 fully saturated rings. The van der Waals surface area contributed by atoms with E-state index in [1.165, 1.54) is 6.20 Å². The van der Waals surface area contributed by atoms with Gasteiger partial charge in [0.2, 0.25) is 0 Å². The molecule has 3 rings (SSSR count). The topological polar surface area (TPSA) is 80.5 Å². The molecule has 1 aromatic carbocycles. The van der Waals surface area contributed by atoms with Gasteiger partial charge in [-0.15, -0.1) is 0 Å². The summed E-state index contributed by atoms with van der Waals surface area (Å²) in [6.45, 7) is 3.48. The Morgan fingerprint density at radius 1 is 1.32 bits per heavy atom. The molecule has 0 unspecified atom stereocenters. The summed E-state index contributed by atoms with van der Waals surface area (Å²) in [4.78, 5) is 17.0. The van der Waals surface area contributed by atoms with Crippen LogP contribution in [0.15, 0.2) is 36.5 Å². The molecule has 25 heavy (non-hydrogen) atoms. The molecule has 1 aliphatic heterocycles. The molecule has 0 amide bonds. The van der Waals surface area contributed by atoms with Crippen LogP contribution in [0.3, 0.4) is 0 Å². The first kappa shape index (κ1) is 17.0. The van der Waals surface area contributed by atoms with Gasteiger partial charge in [-0.1, -0.05) is 6.07 Å². The number of rotatable bonds is 5. The van der Waals surface area contributed by atoms with Crippen molar-refractivity contribution < 1.29 is 9.66 Å². The van der Waals surface area contributed by atoms with E-state index in [-0.39, 0.29) is 5.69 Å². The molecule has 0 saturated carbocycles. The highest BCUT2D eigenvalue weighted by atomic mass is 16.6. The number of hydrogen-bond donors (Lipinski definition) is 1. The van der Waals surface area contributed by atoms with Gasteiger partial charge in [-0.3, -0.25) is 10.1 Å². The first-order valence-electron chi connectivity index (χ1n) is 8.33. The second-order valence-corrected chi connectivity index (χ2v) is 6.22. The maximum Gasteiger partial charge on any atom is 0.290 e. The van der Waals surface area contributed by atoms with E-state index < -0.39 is 4.92 Å². The van der Waals surface area contributed by atoms with Crippen molar-refractivity contribution in [3.05, 3.63) is 52.2 Å². The number of pyridine rings is 1. The van der Waals surface area contributed by atoms with E-state index in [1.54, 1.807) is 20.1 Å². The lowest BCUT2D eigenvalue weighted by Crippen LogP contribution is -2.39. The number of nitrogens with zero attached hydrogens (tertiary/aromatic N) is 3. The number of aryl methyl sites for hydroxylation is 1. The van der Waals surface area contributed by atoms with Crippen LogP contribution in [-0.4, -0.2) is 36.1 Å². The lowest BCUT2D eigenvalue weighted by atomic mass is 10.0. The number of methoxy groups -OCH3 is 1. The van der Waals surface area contributed by atoms with Gasteiger partial charge in [0.05, 0.1) is 12.0 Å². The Bertz CT molecular complexity index is 758. The van der Waals surface area contributed by atoms with Crippen molar-refractivity contribution in [1.82, 2.24) is 4.98 Å². The van der Waals surface area contributed by atoms with E-state index in [2.05, 4.69) is 15.2 Å². The molecule has 7 heteroatoms. The van der Waals surface area contributed by atoms with Crippen LogP contribution in [0.4, 0.5) is 17.2 Å². The summed E-state index contributed by atoms with van der Waals surface area (Å²) < 4.78 is 5.25. The van der Waals surface area contributed by atoms with Crippen LogP contribution in [0.5, 0.6) is 5.75 Å². The zero-order valence-corrected chi connectivity index (χ0v) is 14.4. The van der Waals surface area contributed by atoms with E-state index in [0.29, 0.717) is 11.6 Å². The van der Waals surface area contributed by atoms with E-state index >= 15 is 0 Å². The first-order chi connectivity index (χ1) is 12.1. The Balaban J connectivity index is 1.60. The Morgan fingerprint density at radius 3 is 2.72 bits per heavy atom. The van der Waals surface area contributed by atoms with Crippen LogP contribution in [0.1, 0.15) is 18.4 Å². The normalized spacial score (nSPS) is 15.0. The molecule has 0 atom stereocenters. The number of nitro groups is 1.